The SMILES string of the molecule is N/C(=N\c1ccc(CCNC/C=C/c2ccccc2)cc1)c1cccs1. The molecular weight excluding hydrogens is 338 g/mol. The summed E-state index contributed by atoms with van der Waals surface area (Å²) in [6.07, 6.45) is 5.28. The molecule has 0 saturated heterocycles. The van der Waals surface area contributed by atoms with Gasteiger partial charge in [-0.3, -0.25) is 0 Å². The molecule has 0 aliphatic heterocycles. The molecule has 0 aliphatic carbocycles. The van der Waals surface area contributed by atoms with E-state index in [1.54, 1.807) is 11.3 Å². The zero-order valence-corrected chi connectivity index (χ0v) is 15.5. The number of benzene rings is 2. The van der Waals surface area contributed by atoms with E-state index in [4.69, 9.17) is 5.73 Å². The van der Waals surface area contributed by atoms with Crippen LogP contribution in [0.25, 0.3) is 6.08 Å². The second-order valence-electron chi connectivity index (χ2n) is 5.91. The fourth-order valence-corrected chi connectivity index (χ4v) is 3.16. The van der Waals surface area contributed by atoms with E-state index in [9.17, 15) is 0 Å². The zero-order chi connectivity index (χ0) is 18.0. The van der Waals surface area contributed by atoms with E-state index in [0.717, 1.165) is 30.1 Å². The molecule has 3 nitrogen and oxygen atoms in total. The van der Waals surface area contributed by atoms with Crippen molar-refractivity contribution in [1.82, 2.24) is 5.32 Å². The van der Waals surface area contributed by atoms with Gasteiger partial charge in [-0.2, -0.15) is 0 Å². The average molecular weight is 362 g/mol. The fourth-order valence-electron chi connectivity index (χ4n) is 2.53. The lowest BCUT2D eigenvalue weighted by molar-refractivity contribution is 0.745. The third-order valence-corrected chi connectivity index (χ3v) is 4.81. The van der Waals surface area contributed by atoms with Gasteiger partial charge in [-0.25, -0.2) is 4.99 Å². The van der Waals surface area contributed by atoms with Crippen molar-refractivity contribution in [3.8, 4) is 0 Å². The van der Waals surface area contributed by atoms with E-state index in [1.165, 1.54) is 11.1 Å². The number of rotatable bonds is 8. The van der Waals surface area contributed by atoms with Crippen LogP contribution in [0, 0.1) is 0 Å². The lowest BCUT2D eigenvalue weighted by Gasteiger charge is -2.04. The van der Waals surface area contributed by atoms with Crippen LogP contribution in [-0.4, -0.2) is 18.9 Å². The smallest absolute Gasteiger partial charge is 0.141 e. The number of aliphatic imine (C=N–C) groups is 1. The second-order valence-corrected chi connectivity index (χ2v) is 6.86. The summed E-state index contributed by atoms with van der Waals surface area (Å²) in [4.78, 5) is 5.47. The van der Waals surface area contributed by atoms with Crippen LogP contribution >= 0.6 is 11.3 Å². The molecule has 3 aromatic rings. The summed E-state index contributed by atoms with van der Waals surface area (Å²) < 4.78 is 0. The van der Waals surface area contributed by atoms with Crippen molar-refractivity contribution in [2.24, 2.45) is 10.7 Å². The van der Waals surface area contributed by atoms with Crippen LogP contribution in [0.1, 0.15) is 16.0 Å². The average Bonchev–Trinajstić information content (AvgIpc) is 3.22. The number of hydrogen-bond donors (Lipinski definition) is 2. The van der Waals surface area contributed by atoms with Crippen molar-refractivity contribution in [1.29, 1.82) is 0 Å². The molecular formula is C22H23N3S. The number of nitrogens with two attached hydrogens (primary N) is 1. The van der Waals surface area contributed by atoms with Gasteiger partial charge in [0, 0.05) is 6.54 Å². The molecule has 1 aromatic heterocycles. The summed E-state index contributed by atoms with van der Waals surface area (Å²) in [7, 11) is 0. The third kappa shape index (κ3) is 5.69. The van der Waals surface area contributed by atoms with Crippen LogP contribution in [0.3, 0.4) is 0 Å². The molecule has 0 bridgehead atoms. The largest absolute Gasteiger partial charge is 0.383 e. The van der Waals surface area contributed by atoms with Crippen molar-refractivity contribution < 1.29 is 0 Å². The Kier molecular flexibility index (Phi) is 6.76. The van der Waals surface area contributed by atoms with Gasteiger partial charge in [-0.1, -0.05) is 60.7 Å². The zero-order valence-electron chi connectivity index (χ0n) is 14.6. The molecule has 0 aliphatic rings. The molecule has 3 rings (SSSR count). The van der Waals surface area contributed by atoms with Gasteiger partial charge in [0.1, 0.15) is 5.84 Å². The lowest BCUT2D eigenvalue weighted by Crippen LogP contribution is -2.16. The van der Waals surface area contributed by atoms with Gasteiger partial charge in [-0.05, 0) is 47.7 Å². The minimum absolute atomic E-state index is 0.569. The van der Waals surface area contributed by atoms with Gasteiger partial charge >= 0.3 is 0 Å². The van der Waals surface area contributed by atoms with Gasteiger partial charge < -0.3 is 11.1 Å². The van der Waals surface area contributed by atoms with Crippen molar-refractivity contribution >= 4 is 28.9 Å². The predicted molar refractivity (Wildman–Crippen MR) is 113 cm³/mol. The molecule has 0 unspecified atom stereocenters. The minimum atomic E-state index is 0.569. The molecule has 1 heterocycles. The maximum Gasteiger partial charge on any atom is 0.141 e. The third-order valence-electron chi connectivity index (χ3n) is 3.92. The molecule has 132 valence electrons. The van der Waals surface area contributed by atoms with Gasteiger partial charge in [0.15, 0.2) is 0 Å². The normalized spacial score (nSPS) is 11.9. The summed E-state index contributed by atoms with van der Waals surface area (Å²) in [5.74, 6) is 0.569. The van der Waals surface area contributed by atoms with Crippen molar-refractivity contribution in [3.63, 3.8) is 0 Å². The molecule has 0 amide bonds. The summed E-state index contributed by atoms with van der Waals surface area (Å²) in [5, 5.41) is 5.44. The van der Waals surface area contributed by atoms with Crippen LogP contribution < -0.4 is 11.1 Å². The summed E-state index contributed by atoms with van der Waals surface area (Å²) in [6, 6.07) is 22.6. The molecule has 0 fully saturated rings. The van der Waals surface area contributed by atoms with Crippen molar-refractivity contribution in [2.45, 2.75) is 6.42 Å². The number of hydrogen-bond acceptors (Lipinski definition) is 3. The molecule has 0 radical (unpaired) electrons. The summed E-state index contributed by atoms with van der Waals surface area (Å²) >= 11 is 1.60. The Balaban J connectivity index is 1.42. The Morgan fingerprint density at radius 1 is 1.00 bits per heavy atom. The van der Waals surface area contributed by atoms with E-state index < -0.39 is 0 Å². The molecule has 4 heteroatoms. The van der Waals surface area contributed by atoms with Crippen molar-refractivity contribution in [3.05, 3.63) is 94.2 Å². The number of nitrogens with zero attached hydrogens (tertiary/aromatic N) is 1. The predicted octanol–water partition coefficient (Wildman–Crippen LogP) is 4.63. The first-order valence-electron chi connectivity index (χ1n) is 8.70. The molecule has 0 saturated carbocycles. The number of thiophene rings is 1. The fraction of sp³-hybridized carbons (Fsp3) is 0.136. The van der Waals surface area contributed by atoms with Crippen molar-refractivity contribution in [2.75, 3.05) is 13.1 Å². The quantitative estimate of drug-likeness (QED) is 0.349. The highest BCUT2D eigenvalue weighted by molar-refractivity contribution is 7.12. The first kappa shape index (κ1) is 18.1. The van der Waals surface area contributed by atoms with Gasteiger partial charge in [-0.15, -0.1) is 11.3 Å². The molecule has 26 heavy (non-hydrogen) atoms. The summed E-state index contributed by atoms with van der Waals surface area (Å²) in [6.45, 7) is 1.81. The highest BCUT2D eigenvalue weighted by atomic mass is 32.1. The molecule has 0 atom stereocenters. The maximum absolute atomic E-state index is 6.02. The monoisotopic (exact) mass is 361 g/mol. The van der Waals surface area contributed by atoms with Crippen LogP contribution in [0.2, 0.25) is 0 Å². The van der Waals surface area contributed by atoms with E-state index in [0.29, 0.717) is 5.84 Å². The molecule has 3 N–H and O–H groups in total. The van der Waals surface area contributed by atoms with Crippen LogP contribution in [0.5, 0.6) is 0 Å². The maximum atomic E-state index is 6.02. The van der Waals surface area contributed by atoms with Gasteiger partial charge in [0.05, 0.1) is 10.6 Å². The van der Waals surface area contributed by atoms with Crippen LogP contribution in [-0.2, 0) is 6.42 Å². The Morgan fingerprint density at radius 2 is 1.81 bits per heavy atom. The van der Waals surface area contributed by atoms with Gasteiger partial charge in [0.25, 0.3) is 0 Å². The first-order valence-corrected chi connectivity index (χ1v) is 9.58. The second kappa shape index (κ2) is 9.70. The topological polar surface area (TPSA) is 50.4 Å². The lowest BCUT2D eigenvalue weighted by atomic mass is 10.1. The highest BCUT2D eigenvalue weighted by Gasteiger charge is 2.00. The Hall–Kier alpha value is -2.69. The minimum Gasteiger partial charge on any atom is -0.383 e. The Morgan fingerprint density at radius 3 is 2.54 bits per heavy atom. The first-order chi connectivity index (χ1) is 12.8. The summed E-state index contributed by atoms with van der Waals surface area (Å²) in [5.41, 5.74) is 9.43. The number of amidine groups is 1. The molecule has 2 aromatic carbocycles. The number of nitrogens with one attached hydrogen (secondary N) is 1. The van der Waals surface area contributed by atoms with E-state index in [-0.39, 0.29) is 0 Å². The standard InChI is InChI=1S/C22H23N3S/c23-22(21-9-5-17-26-21)25-20-12-10-19(11-13-20)14-16-24-15-4-8-18-6-2-1-3-7-18/h1-13,17,24H,14-16H2,(H2,23,25)/b8-4+. The van der Waals surface area contributed by atoms with E-state index in [2.05, 4.69) is 58.9 Å². The Labute approximate surface area is 158 Å². The van der Waals surface area contributed by atoms with Crippen LogP contribution in [0.4, 0.5) is 5.69 Å². The van der Waals surface area contributed by atoms with Gasteiger partial charge in [0.2, 0.25) is 0 Å². The van der Waals surface area contributed by atoms with E-state index >= 15 is 0 Å². The Bertz CT molecular complexity index is 835. The van der Waals surface area contributed by atoms with E-state index in [1.807, 2.05) is 35.7 Å². The van der Waals surface area contributed by atoms with Crippen LogP contribution in [0.15, 0.2) is 83.2 Å². The molecule has 0 spiro atoms. The highest BCUT2D eigenvalue weighted by Crippen LogP contribution is 2.16.